The second kappa shape index (κ2) is 4.08. The van der Waals surface area contributed by atoms with Crippen LogP contribution in [0, 0.1) is 6.92 Å². The van der Waals surface area contributed by atoms with Crippen molar-refractivity contribution in [3.8, 4) is 0 Å². The molecule has 0 spiro atoms. The Bertz CT molecular complexity index is 449. The highest BCUT2D eigenvalue weighted by Gasteiger charge is 1.99. The lowest BCUT2D eigenvalue weighted by Gasteiger charge is -2.01. The minimum Gasteiger partial charge on any atom is -0.321 e. The number of anilines is 2. The summed E-state index contributed by atoms with van der Waals surface area (Å²) < 4.78 is 1.85. The molecule has 78 valence electrons. The van der Waals surface area contributed by atoms with Crippen LogP contribution in [0.2, 0.25) is 0 Å². The summed E-state index contributed by atoms with van der Waals surface area (Å²) in [6.07, 6.45) is 5.41. The van der Waals surface area contributed by atoms with Crippen LogP contribution < -0.4 is 5.32 Å². The van der Waals surface area contributed by atoms with E-state index in [4.69, 9.17) is 0 Å². The number of nitrogens with one attached hydrogen (secondary N) is 1. The van der Waals surface area contributed by atoms with E-state index < -0.39 is 0 Å². The van der Waals surface area contributed by atoms with Crippen molar-refractivity contribution in [3.63, 3.8) is 0 Å². The van der Waals surface area contributed by atoms with Crippen molar-refractivity contribution in [1.82, 2.24) is 19.7 Å². The Hall–Kier alpha value is -1.91. The second-order valence-electron chi connectivity index (χ2n) is 3.23. The van der Waals surface area contributed by atoms with Gasteiger partial charge in [-0.3, -0.25) is 4.68 Å². The fraction of sp³-hybridized carbons (Fsp3) is 0.300. The number of aromatic nitrogens is 4. The quantitative estimate of drug-likeness (QED) is 0.825. The number of rotatable bonds is 3. The zero-order valence-corrected chi connectivity index (χ0v) is 8.81. The smallest absolute Gasteiger partial charge is 0.227 e. The van der Waals surface area contributed by atoms with E-state index in [0.717, 1.165) is 17.9 Å². The summed E-state index contributed by atoms with van der Waals surface area (Å²) in [6, 6.07) is 1.86. The minimum absolute atomic E-state index is 0.602. The molecule has 2 aromatic heterocycles. The molecule has 1 N–H and O–H groups in total. The van der Waals surface area contributed by atoms with Gasteiger partial charge in [0, 0.05) is 24.6 Å². The average Bonchev–Trinajstić information content (AvgIpc) is 2.65. The average molecular weight is 203 g/mol. The van der Waals surface area contributed by atoms with Gasteiger partial charge < -0.3 is 5.32 Å². The number of nitrogens with zero attached hydrogens (tertiary/aromatic N) is 4. The molecule has 0 atom stereocenters. The van der Waals surface area contributed by atoms with Gasteiger partial charge in [-0.25, -0.2) is 9.97 Å². The minimum atomic E-state index is 0.602. The van der Waals surface area contributed by atoms with Crippen LogP contribution in [0.15, 0.2) is 24.7 Å². The fourth-order valence-electron chi connectivity index (χ4n) is 1.24. The van der Waals surface area contributed by atoms with Gasteiger partial charge in [0.1, 0.15) is 0 Å². The third-order valence-corrected chi connectivity index (χ3v) is 2.01. The van der Waals surface area contributed by atoms with Crippen molar-refractivity contribution in [1.29, 1.82) is 0 Å². The first-order chi connectivity index (χ1) is 7.28. The lowest BCUT2D eigenvalue weighted by atomic mass is 10.4. The van der Waals surface area contributed by atoms with Gasteiger partial charge in [0.25, 0.3) is 0 Å². The fourth-order valence-corrected chi connectivity index (χ4v) is 1.24. The standard InChI is InChI=1S/C10H13N5/c1-3-15-7-9(6-12-15)14-10-11-5-4-8(2)13-10/h4-7H,3H2,1-2H3,(H,11,13,14). The molecule has 0 radical (unpaired) electrons. The Morgan fingerprint density at radius 1 is 1.47 bits per heavy atom. The molecule has 0 aromatic carbocycles. The summed E-state index contributed by atoms with van der Waals surface area (Å²) in [5, 5.41) is 7.25. The van der Waals surface area contributed by atoms with Gasteiger partial charge in [0.2, 0.25) is 5.95 Å². The molecular weight excluding hydrogens is 190 g/mol. The highest BCUT2D eigenvalue weighted by Crippen LogP contribution is 2.10. The van der Waals surface area contributed by atoms with Crippen LogP contribution in [0.3, 0.4) is 0 Å². The lowest BCUT2D eigenvalue weighted by Crippen LogP contribution is -1.97. The van der Waals surface area contributed by atoms with Crippen molar-refractivity contribution in [3.05, 3.63) is 30.4 Å². The van der Waals surface area contributed by atoms with Gasteiger partial charge in [0.05, 0.1) is 11.9 Å². The van der Waals surface area contributed by atoms with Gasteiger partial charge in [-0.1, -0.05) is 0 Å². The molecule has 0 unspecified atom stereocenters. The molecule has 0 aliphatic heterocycles. The summed E-state index contributed by atoms with van der Waals surface area (Å²) in [7, 11) is 0. The van der Waals surface area contributed by atoms with Crippen LogP contribution >= 0.6 is 0 Å². The number of aryl methyl sites for hydroxylation is 2. The van der Waals surface area contributed by atoms with Crippen LogP contribution in [0.1, 0.15) is 12.6 Å². The first-order valence-corrected chi connectivity index (χ1v) is 4.87. The normalized spacial score (nSPS) is 10.3. The molecule has 2 heterocycles. The number of hydrogen-bond donors (Lipinski definition) is 1. The maximum absolute atomic E-state index is 4.24. The van der Waals surface area contributed by atoms with E-state index in [1.807, 2.05) is 30.8 Å². The zero-order valence-electron chi connectivity index (χ0n) is 8.81. The highest BCUT2D eigenvalue weighted by atomic mass is 15.3. The van der Waals surface area contributed by atoms with Crippen LogP contribution in [-0.4, -0.2) is 19.7 Å². The lowest BCUT2D eigenvalue weighted by molar-refractivity contribution is 0.660. The topological polar surface area (TPSA) is 55.6 Å². The highest BCUT2D eigenvalue weighted by molar-refractivity contribution is 5.50. The first-order valence-electron chi connectivity index (χ1n) is 4.87. The van der Waals surface area contributed by atoms with E-state index in [1.165, 1.54) is 0 Å². The predicted octanol–water partition coefficient (Wildman–Crippen LogP) is 1.75. The predicted molar refractivity (Wildman–Crippen MR) is 58.0 cm³/mol. The van der Waals surface area contributed by atoms with E-state index in [0.29, 0.717) is 5.95 Å². The summed E-state index contributed by atoms with van der Waals surface area (Å²) in [4.78, 5) is 8.35. The van der Waals surface area contributed by atoms with E-state index >= 15 is 0 Å². The van der Waals surface area contributed by atoms with Crippen molar-refractivity contribution < 1.29 is 0 Å². The van der Waals surface area contributed by atoms with Crippen molar-refractivity contribution in [2.24, 2.45) is 0 Å². The molecule has 0 fully saturated rings. The molecule has 0 saturated carbocycles. The maximum atomic E-state index is 4.24. The van der Waals surface area contributed by atoms with Crippen molar-refractivity contribution >= 4 is 11.6 Å². The molecule has 5 heteroatoms. The monoisotopic (exact) mass is 203 g/mol. The van der Waals surface area contributed by atoms with Crippen molar-refractivity contribution in [2.45, 2.75) is 20.4 Å². The van der Waals surface area contributed by atoms with Gasteiger partial charge in [-0.05, 0) is 19.9 Å². The van der Waals surface area contributed by atoms with Gasteiger partial charge in [0.15, 0.2) is 0 Å². The van der Waals surface area contributed by atoms with Crippen LogP contribution in [-0.2, 0) is 6.54 Å². The Labute approximate surface area is 88.2 Å². The Morgan fingerprint density at radius 2 is 2.33 bits per heavy atom. The van der Waals surface area contributed by atoms with Crippen LogP contribution in [0.4, 0.5) is 11.6 Å². The summed E-state index contributed by atoms with van der Waals surface area (Å²) in [5.41, 5.74) is 1.85. The maximum Gasteiger partial charge on any atom is 0.227 e. The third-order valence-electron chi connectivity index (χ3n) is 2.01. The van der Waals surface area contributed by atoms with E-state index in [2.05, 4.69) is 20.4 Å². The molecule has 2 rings (SSSR count). The van der Waals surface area contributed by atoms with Gasteiger partial charge in [-0.15, -0.1) is 0 Å². The van der Waals surface area contributed by atoms with E-state index in [-0.39, 0.29) is 0 Å². The molecular formula is C10H13N5. The summed E-state index contributed by atoms with van der Waals surface area (Å²) in [6.45, 7) is 4.83. The Morgan fingerprint density at radius 3 is 3.00 bits per heavy atom. The Kier molecular flexibility index (Phi) is 2.62. The zero-order chi connectivity index (χ0) is 10.7. The third kappa shape index (κ3) is 2.31. The molecule has 0 amide bonds. The molecule has 15 heavy (non-hydrogen) atoms. The molecule has 2 aromatic rings. The van der Waals surface area contributed by atoms with E-state index in [9.17, 15) is 0 Å². The van der Waals surface area contributed by atoms with Gasteiger partial charge >= 0.3 is 0 Å². The molecule has 0 aliphatic rings. The summed E-state index contributed by atoms with van der Waals surface area (Å²) >= 11 is 0. The van der Waals surface area contributed by atoms with Crippen LogP contribution in [0.5, 0.6) is 0 Å². The SMILES string of the molecule is CCn1cc(Nc2nccc(C)n2)cn1. The molecule has 0 aliphatic carbocycles. The Balaban J connectivity index is 2.14. The first kappa shape index (κ1) is 9.64. The summed E-state index contributed by atoms with van der Waals surface area (Å²) in [5.74, 6) is 0.602. The largest absolute Gasteiger partial charge is 0.321 e. The second-order valence-corrected chi connectivity index (χ2v) is 3.23. The number of hydrogen-bond acceptors (Lipinski definition) is 4. The molecule has 0 saturated heterocycles. The van der Waals surface area contributed by atoms with Crippen molar-refractivity contribution in [2.75, 3.05) is 5.32 Å². The molecule has 5 nitrogen and oxygen atoms in total. The van der Waals surface area contributed by atoms with Crippen LogP contribution in [0.25, 0.3) is 0 Å². The molecule has 0 bridgehead atoms. The van der Waals surface area contributed by atoms with Gasteiger partial charge in [-0.2, -0.15) is 5.10 Å². The van der Waals surface area contributed by atoms with E-state index in [1.54, 1.807) is 12.4 Å².